The molecule has 0 aromatic carbocycles. The summed E-state index contributed by atoms with van der Waals surface area (Å²) in [4.78, 5) is 22.2. The minimum absolute atomic E-state index is 0.258. The van der Waals surface area contributed by atoms with E-state index in [-0.39, 0.29) is 11.9 Å². The van der Waals surface area contributed by atoms with Crippen LogP contribution < -0.4 is 0 Å². The van der Waals surface area contributed by atoms with Crippen LogP contribution in [0.1, 0.15) is 156 Å². The highest BCUT2D eigenvalue weighted by molar-refractivity contribution is 5.87. The van der Waals surface area contributed by atoms with Gasteiger partial charge >= 0.3 is 11.9 Å². The monoisotopic (exact) mass is 508 g/mol. The second kappa shape index (κ2) is 29.6. The largest absolute Gasteiger partial charge is 0.462 e. The SMILES string of the molecule is C=C(C)C(=O)OCCCCCCCCCCCC.C=C(C)C(=O)OCCCCCCCCCCCC. The maximum absolute atomic E-state index is 11.1. The molecular weight excluding hydrogens is 448 g/mol. The fraction of sp³-hybridized carbons (Fsp3) is 0.812. The molecule has 0 unspecified atom stereocenters. The first-order valence-corrected chi connectivity index (χ1v) is 15.0. The van der Waals surface area contributed by atoms with Crippen molar-refractivity contribution >= 4 is 11.9 Å². The third-order valence-electron chi connectivity index (χ3n) is 6.16. The molecule has 0 atom stereocenters. The Kier molecular flexibility index (Phi) is 30.1. The Labute approximate surface area is 224 Å². The first kappa shape index (κ1) is 36.6. The van der Waals surface area contributed by atoms with Crippen molar-refractivity contribution in [2.24, 2.45) is 0 Å². The van der Waals surface area contributed by atoms with E-state index in [2.05, 4.69) is 27.0 Å². The zero-order valence-electron chi connectivity index (χ0n) is 24.6. The molecule has 0 saturated heterocycles. The van der Waals surface area contributed by atoms with Crippen LogP contribution in [0.15, 0.2) is 24.3 Å². The van der Waals surface area contributed by atoms with E-state index in [9.17, 15) is 9.59 Å². The van der Waals surface area contributed by atoms with Gasteiger partial charge in [0.15, 0.2) is 0 Å². The van der Waals surface area contributed by atoms with Gasteiger partial charge in [-0.1, -0.05) is 143 Å². The fourth-order valence-corrected chi connectivity index (χ4v) is 3.76. The van der Waals surface area contributed by atoms with Crippen molar-refractivity contribution in [3.8, 4) is 0 Å². The molecule has 36 heavy (non-hydrogen) atoms. The number of hydrogen-bond donors (Lipinski definition) is 0. The van der Waals surface area contributed by atoms with Crippen LogP contribution in [0.3, 0.4) is 0 Å². The lowest BCUT2D eigenvalue weighted by Crippen LogP contribution is -2.05. The number of esters is 2. The lowest BCUT2D eigenvalue weighted by Gasteiger charge is -2.04. The highest BCUT2D eigenvalue weighted by Gasteiger charge is 2.02. The molecule has 0 spiro atoms. The van der Waals surface area contributed by atoms with Gasteiger partial charge < -0.3 is 9.47 Å². The van der Waals surface area contributed by atoms with E-state index >= 15 is 0 Å². The normalized spacial score (nSPS) is 10.3. The predicted octanol–water partition coefficient (Wildman–Crippen LogP) is 10.1. The summed E-state index contributed by atoms with van der Waals surface area (Å²) in [6, 6.07) is 0. The molecule has 0 aromatic heterocycles. The minimum Gasteiger partial charge on any atom is -0.462 e. The van der Waals surface area contributed by atoms with Gasteiger partial charge in [0.05, 0.1) is 13.2 Å². The van der Waals surface area contributed by atoms with Crippen molar-refractivity contribution in [1.29, 1.82) is 0 Å². The Hall–Kier alpha value is -1.58. The summed E-state index contributed by atoms with van der Waals surface area (Å²) in [6.07, 6.45) is 25.9. The zero-order valence-corrected chi connectivity index (χ0v) is 24.6. The van der Waals surface area contributed by atoms with Gasteiger partial charge in [0.1, 0.15) is 0 Å². The molecule has 0 amide bonds. The second-order valence-electron chi connectivity index (χ2n) is 10.2. The molecule has 0 aliphatic carbocycles. The van der Waals surface area contributed by atoms with Crippen LogP contribution in [-0.2, 0) is 19.1 Å². The van der Waals surface area contributed by atoms with E-state index in [0.717, 1.165) is 12.8 Å². The summed E-state index contributed by atoms with van der Waals surface area (Å²) in [5.41, 5.74) is 0.976. The van der Waals surface area contributed by atoms with Gasteiger partial charge in [-0.25, -0.2) is 9.59 Å². The van der Waals surface area contributed by atoms with Crippen molar-refractivity contribution in [1.82, 2.24) is 0 Å². The first-order chi connectivity index (χ1) is 17.4. The summed E-state index contributed by atoms with van der Waals surface area (Å²) in [7, 11) is 0. The van der Waals surface area contributed by atoms with E-state index in [0.29, 0.717) is 24.4 Å². The quantitative estimate of drug-likeness (QED) is 0.0739. The highest BCUT2D eigenvalue weighted by atomic mass is 16.5. The van der Waals surface area contributed by atoms with Gasteiger partial charge in [-0.3, -0.25) is 0 Å². The zero-order chi connectivity index (χ0) is 27.3. The van der Waals surface area contributed by atoms with Crippen molar-refractivity contribution < 1.29 is 19.1 Å². The van der Waals surface area contributed by atoms with Crippen LogP contribution in [0.4, 0.5) is 0 Å². The molecule has 0 aliphatic heterocycles. The van der Waals surface area contributed by atoms with Gasteiger partial charge in [-0.05, 0) is 26.7 Å². The van der Waals surface area contributed by atoms with E-state index in [1.807, 2.05) is 0 Å². The average molecular weight is 509 g/mol. The molecule has 0 rings (SSSR count). The van der Waals surface area contributed by atoms with E-state index in [4.69, 9.17) is 9.47 Å². The number of hydrogen-bond acceptors (Lipinski definition) is 4. The highest BCUT2D eigenvalue weighted by Crippen LogP contribution is 2.11. The number of unbranched alkanes of at least 4 members (excludes halogenated alkanes) is 18. The Bertz CT molecular complexity index is 490. The fourth-order valence-electron chi connectivity index (χ4n) is 3.76. The van der Waals surface area contributed by atoms with Crippen LogP contribution in [0, 0.1) is 0 Å². The molecule has 0 bridgehead atoms. The second-order valence-corrected chi connectivity index (χ2v) is 10.2. The summed E-state index contributed by atoms with van der Waals surface area (Å²) in [5.74, 6) is -0.517. The molecular formula is C32H60O4. The Morgan fingerprint density at radius 1 is 0.444 bits per heavy atom. The molecule has 4 nitrogen and oxygen atoms in total. The number of carbonyl (C=O) groups is 2. The van der Waals surface area contributed by atoms with Crippen LogP contribution in [0.2, 0.25) is 0 Å². The van der Waals surface area contributed by atoms with Crippen molar-refractivity contribution in [2.45, 2.75) is 156 Å². The lowest BCUT2D eigenvalue weighted by molar-refractivity contribution is -0.139. The molecule has 0 N–H and O–H groups in total. The maximum Gasteiger partial charge on any atom is 0.333 e. The standard InChI is InChI=1S/2C16H30O2/c2*1-4-5-6-7-8-9-10-11-12-13-14-18-16(17)15(2)3/h2*2,4-14H2,1,3H3. The Morgan fingerprint density at radius 2 is 0.667 bits per heavy atom. The molecule has 0 fully saturated rings. The lowest BCUT2D eigenvalue weighted by atomic mass is 10.1. The van der Waals surface area contributed by atoms with Gasteiger partial charge in [0.2, 0.25) is 0 Å². The van der Waals surface area contributed by atoms with Crippen molar-refractivity contribution in [3.63, 3.8) is 0 Å². The van der Waals surface area contributed by atoms with Crippen LogP contribution in [-0.4, -0.2) is 25.2 Å². The maximum atomic E-state index is 11.1. The molecule has 0 aromatic rings. The average Bonchev–Trinajstić information content (AvgIpc) is 2.85. The number of carbonyl (C=O) groups excluding carboxylic acids is 2. The molecule has 0 heterocycles. The van der Waals surface area contributed by atoms with E-state index < -0.39 is 0 Å². The van der Waals surface area contributed by atoms with Crippen molar-refractivity contribution in [2.75, 3.05) is 13.2 Å². The molecule has 0 aliphatic rings. The van der Waals surface area contributed by atoms with Gasteiger partial charge in [-0.15, -0.1) is 0 Å². The summed E-state index contributed by atoms with van der Waals surface area (Å²) < 4.78 is 10.1. The molecule has 0 saturated carbocycles. The third kappa shape index (κ3) is 30.5. The Balaban J connectivity index is 0. The first-order valence-electron chi connectivity index (χ1n) is 15.0. The van der Waals surface area contributed by atoms with E-state index in [1.54, 1.807) is 13.8 Å². The smallest absolute Gasteiger partial charge is 0.333 e. The van der Waals surface area contributed by atoms with Crippen LogP contribution >= 0.6 is 0 Å². The van der Waals surface area contributed by atoms with Crippen molar-refractivity contribution in [3.05, 3.63) is 24.3 Å². The number of rotatable bonds is 24. The van der Waals surface area contributed by atoms with Gasteiger partial charge in [0, 0.05) is 11.1 Å². The molecule has 0 radical (unpaired) electrons. The van der Waals surface area contributed by atoms with Gasteiger partial charge in [-0.2, -0.15) is 0 Å². The molecule has 4 heteroatoms. The predicted molar refractivity (Wildman–Crippen MR) is 155 cm³/mol. The summed E-state index contributed by atoms with van der Waals surface area (Å²) in [6.45, 7) is 16.1. The molecule has 212 valence electrons. The minimum atomic E-state index is -0.258. The van der Waals surface area contributed by atoms with E-state index in [1.165, 1.54) is 116 Å². The third-order valence-corrected chi connectivity index (χ3v) is 6.16. The van der Waals surface area contributed by atoms with Crippen LogP contribution in [0.5, 0.6) is 0 Å². The summed E-state index contributed by atoms with van der Waals surface area (Å²) in [5, 5.41) is 0. The number of ether oxygens (including phenoxy) is 2. The van der Waals surface area contributed by atoms with Gasteiger partial charge in [0.25, 0.3) is 0 Å². The Morgan fingerprint density at radius 3 is 0.889 bits per heavy atom. The topological polar surface area (TPSA) is 52.6 Å². The van der Waals surface area contributed by atoms with Crippen LogP contribution in [0.25, 0.3) is 0 Å². The summed E-state index contributed by atoms with van der Waals surface area (Å²) >= 11 is 0.